The van der Waals surface area contributed by atoms with E-state index in [4.69, 9.17) is 10.5 Å². The van der Waals surface area contributed by atoms with Gasteiger partial charge in [-0.25, -0.2) is 9.78 Å². The first-order valence-electron chi connectivity index (χ1n) is 7.35. The van der Waals surface area contributed by atoms with Gasteiger partial charge in [-0.1, -0.05) is 29.5 Å². The quantitative estimate of drug-likeness (QED) is 0.822. The Labute approximate surface area is 151 Å². The second kappa shape index (κ2) is 6.94. The fourth-order valence-corrected chi connectivity index (χ4v) is 3.00. The Kier molecular flexibility index (Phi) is 5.26. The lowest BCUT2D eigenvalue weighted by Gasteiger charge is -2.19. The van der Waals surface area contributed by atoms with E-state index >= 15 is 0 Å². The number of thiazole rings is 1. The van der Waals surface area contributed by atoms with Crippen LogP contribution < -0.4 is 11.1 Å². The maximum absolute atomic E-state index is 13.2. The highest BCUT2D eigenvalue weighted by molar-refractivity contribution is 7.19. The summed E-state index contributed by atoms with van der Waals surface area (Å²) in [6.45, 7) is 4.91. The first-order chi connectivity index (χ1) is 11.9. The third-order valence-corrected chi connectivity index (χ3v) is 3.94. The molecule has 0 aliphatic heterocycles. The van der Waals surface area contributed by atoms with Crippen LogP contribution in [0.2, 0.25) is 0 Å². The Bertz CT molecular complexity index is 841. The van der Waals surface area contributed by atoms with Gasteiger partial charge in [0.15, 0.2) is 5.69 Å². The van der Waals surface area contributed by atoms with Crippen molar-refractivity contribution in [3.63, 3.8) is 0 Å². The van der Waals surface area contributed by atoms with Gasteiger partial charge in [0, 0.05) is 5.56 Å². The number of nitrogens with two attached hydrogens (primary N) is 1. The largest absolute Gasteiger partial charge is 0.444 e. The number of alkyl halides is 3. The van der Waals surface area contributed by atoms with Crippen LogP contribution in [0.5, 0.6) is 0 Å². The Balaban J connectivity index is 2.45. The molecule has 2 rings (SSSR count). The van der Waals surface area contributed by atoms with Crippen molar-refractivity contribution in [2.24, 2.45) is 5.73 Å². The van der Waals surface area contributed by atoms with Crippen molar-refractivity contribution in [2.75, 3.05) is 5.32 Å². The number of primary amides is 1. The second-order valence-corrected chi connectivity index (χ2v) is 7.23. The molecule has 1 heterocycles. The highest BCUT2D eigenvalue weighted by Crippen LogP contribution is 2.40. The van der Waals surface area contributed by atoms with Gasteiger partial charge in [-0.3, -0.25) is 10.1 Å². The summed E-state index contributed by atoms with van der Waals surface area (Å²) in [6, 6.07) is 4.79. The molecule has 0 unspecified atom stereocenters. The number of anilines is 1. The first-order valence-corrected chi connectivity index (χ1v) is 8.17. The van der Waals surface area contributed by atoms with E-state index in [0.717, 1.165) is 6.07 Å². The lowest BCUT2D eigenvalue weighted by molar-refractivity contribution is -0.137. The average Bonchev–Trinajstić information content (AvgIpc) is 2.88. The number of hydrogen-bond acceptors (Lipinski definition) is 5. The molecule has 10 heteroatoms. The molecule has 0 fully saturated rings. The van der Waals surface area contributed by atoms with E-state index in [-0.39, 0.29) is 21.3 Å². The lowest BCUT2D eigenvalue weighted by Crippen LogP contribution is -2.27. The van der Waals surface area contributed by atoms with Crippen LogP contribution in [0.4, 0.5) is 23.0 Å². The molecule has 1 aromatic heterocycles. The lowest BCUT2D eigenvalue weighted by atomic mass is 10.1. The summed E-state index contributed by atoms with van der Waals surface area (Å²) in [6.07, 6.45) is -5.48. The Morgan fingerprint density at radius 3 is 2.35 bits per heavy atom. The first kappa shape index (κ1) is 19.7. The van der Waals surface area contributed by atoms with Gasteiger partial charge in [0.2, 0.25) is 0 Å². The van der Waals surface area contributed by atoms with Crippen LogP contribution in [0.15, 0.2) is 24.3 Å². The van der Waals surface area contributed by atoms with Gasteiger partial charge in [-0.15, -0.1) is 0 Å². The second-order valence-electron chi connectivity index (χ2n) is 6.23. The number of hydrogen-bond donors (Lipinski definition) is 2. The molecule has 6 nitrogen and oxygen atoms in total. The van der Waals surface area contributed by atoms with E-state index in [9.17, 15) is 22.8 Å². The Morgan fingerprint density at radius 2 is 1.81 bits per heavy atom. The smallest absolute Gasteiger partial charge is 0.417 e. The number of amides is 2. The molecule has 26 heavy (non-hydrogen) atoms. The molecule has 0 saturated carbocycles. The van der Waals surface area contributed by atoms with Crippen LogP contribution in [-0.2, 0) is 10.9 Å². The number of ether oxygens (including phenoxy) is 1. The van der Waals surface area contributed by atoms with Crippen molar-refractivity contribution in [1.82, 2.24) is 4.98 Å². The van der Waals surface area contributed by atoms with Gasteiger partial charge in [0.1, 0.15) is 15.6 Å². The number of carbonyl (C=O) groups excluding carboxylic acids is 2. The molecule has 2 aromatic rings. The Hall–Kier alpha value is -2.62. The standard InChI is InChI=1S/C16H16F3N3O3S/c1-15(2,3)25-14(24)22-13-10(11(20)23)21-12(26-13)8-6-4-5-7-9(8)16(17,18)19/h4-7H,1-3H3,(H2,20,23)(H,22,24). The van der Waals surface area contributed by atoms with Crippen molar-refractivity contribution in [2.45, 2.75) is 32.5 Å². The van der Waals surface area contributed by atoms with Crippen LogP contribution in [0.1, 0.15) is 36.8 Å². The summed E-state index contributed by atoms with van der Waals surface area (Å²) in [4.78, 5) is 27.3. The van der Waals surface area contributed by atoms with Gasteiger partial charge in [-0.2, -0.15) is 13.2 Å². The van der Waals surface area contributed by atoms with Gasteiger partial charge in [0.05, 0.1) is 5.56 Å². The summed E-state index contributed by atoms with van der Waals surface area (Å²) in [5, 5.41) is 2.13. The number of rotatable bonds is 3. The molecule has 140 valence electrons. The molecule has 0 bridgehead atoms. The molecule has 2 amide bonds. The fourth-order valence-electron chi connectivity index (χ4n) is 2.00. The molecule has 0 radical (unpaired) electrons. The molecule has 0 aliphatic rings. The van der Waals surface area contributed by atoms with Crippen LogP contribution in [0, 0.1) is 0 Å². The summed E-state index contributed by atoms with van der Waals surface area (Å²) in [5.74, 6) is -0.983. The van der Waals surface area contributed by atoms with Gasteiger partial charge >= 0.3 is 12.3 Å². The van der Waals surface area contributed by atoms with E-state index in [1.807, 2.05) is 0 Å². The molecule has 0 aliphatic carbocycles. The summed E-state index contributed by atoms with van der Waals surface area (Å²) >= 11 is 0.702. The molecule has 0 saturated heterocycles. The molecule has 1 aromatic carbocycles. The molecular weight excluding hydrogens is 371 g/mol. The van der Waals surface area contributed by atoms with Crippen molar-refractivity contribution in [3.05, 3.63) is 35.5 Å². The number of nitrogens with zero attached hydrogens (tertiary/aromatic N) is 1. The van der Waals surface area contributed by atoms with Crippen LogP contribution >= 0.6 is 11.3 Å². The monoisotopic (exact) mass is 387 g/mol. The minimum Gasteiger partial charge on any atom is -0.444 e. The van der Waals surface area contributed by atoms with Gasteiger partial charge < -0.3 is 10.5 Å². The number of carbonyl (C=O) groups is 2. The minimum absolute atomic E-state index is 0.0845. The third kappa shape index (κ3) is 4.72. The SMILES string of the molecule is CC(C)(C)OC(=O)Nc1sc(-c2ccccc2C(F)(F)F)nc1C(N)=O. The van der Waals surface area contributed by atoms with E-state index in [1.165, 1.54) is 18.2 Å². The zero-order valence-electron chi connectivity index (χ0n) is 14.1. The summed E-state index contributed by atoms with van der Waals surface area (Å²) < 4.78 is 44.6. The highest BCUT2D eigenvalue weighted by atomic mass is 32.1. The van der Waals surface area contributed by atoms with Crippen molar-refractivity contribution in [3.8, 4) is 10.6 Å². The molecular formula is C16H16F3N3O3S. The predicted octanol–water partition coefficient (Wildman–Crippen LogP) is 4.27. The van der Waals surface area contributed by atoms with E-state index in [0.29, 0.717) is 11.3 Å². The number of halogens is 3. The minimum atomic E-state index is -4.60. The molecule has 0 spiro atoms. The maximum atomic E-state index is 13.2. The molecule has 3 N–H and O–H groups in total. The van der Waals surface area contributed by atoms with Gasteiger partial charge in [-0.05, 0) is 26.8 Å². The van der Waals surface area contributed by atoms with Gasteiger partial charge in [0.25, 0.3) is 5.91 Å². The summed E-state index contributed by atoms with van der Waals surface area (Å²) in [7, 11) is 0. The topological polar surface area (TPSA) is 94.3 Å². The molecule has 0 atom stereocenters. The van der Waals surface area contributed by atoms with Crippen LogP contribution in [0.25, 0.3) is 10.6 Å². The maximum Gasteiger partial charge on any atom is 0.417 e. The Morgan fingerprint density at radius 1 is 1.19 bits per heavy atom. The van der Waals surface area contributed by atoms with Crippen LogP contribution in [0.3, 0.4) is 0 Å². The zero-order valence-corrected chi connectivity index (χ0v) is 14.9. The van der Waals surface area contributed by atoms with Crippen LogP contribution in [-0.4, -0.2) is 22.6 Å². The summed E-state index contributed by atoms with van der Waals surface area (Å²) in [5.41, 5.74) is 2.96. The number of aromatic nitrogens is 1. The van der Waals surface area contributed by atoms with E-state index in [2.05, 4.69) is 10.3 Å². The van der Waals surface area contributed by atoms with Crippen molar-refractivity contribution < 1.29 is 27.5 Å². The average molecular weight is 387 g/mol. The van der Waals surface area contributed by atoms with E-state index in [1.54, 1.807) is 20.8 Å². The van der Waals surface area contributed by atoms with E-state index < -0.39 is 29.3 Å². The fraction of sp³-hybridized carbons (Fsp3) is 0.312. The van der Waals surface area contributed by atoms with Crippen molar-refractivity contribution in [1.29, 1.82) is 0 Å². The highest BCUT2D eigenvalue weighted by Gasteiger charge is 2.34. The van der Waals surface area contributed by atoms with Crippen molar-refractivity contribution >= 4 is 28.3 Å². The normalized spacial score (nSPS) is 11.9. The predicted molar refractivity (Wildman–Crippen MR) is 90.9 cm³/mol. The number of benzene rings is 1. The zero-order chi connectivity index (χ0) is 19.7. The third-order valence-electron chi connectivity index (χ3n) is 2.94. The number of nitrogens with one attached hydrogen (secondary N) is 1.